The van der Waals surface area contributed by atoms with Crippen molar-refractivity contribution in [3.63, 3.8) is 0 Å². The van der Waals surface area contributed by atoms with Crippen LogP contribution in [0.3, 0.4) is 0 Å². The maximum atomic E-state index is 10.4. The minimum atomic E-state index is -0.220. The lowest BCUT2D eigenvalue weighted by Gasteiger charge is -2.18. The van der Waals surface area contributed by atoms with E-state index in [-0.39, 0.29) is 6.10 Å². The van der Waals surface area contributed by atoms with Gasteiger partial charge in [0.15, 0.2) is 0 Å². The van der Waals surface area contributed by atoms with Crippen molar-refractivity contribution in [3.8, 4) is 0 Å². The van der Waals surface area contributed by atoms with Gasteiger partial charge in [0.05, 0.1) is 6.10 Å². The highest BCUT2D eigenvalue weighted by atomic mass is 32.1. The SMILES string of the molecule is CCCCC(CC)CC(O)c1cc2c(s1)CCC2. The van der Waals surface area contributed by atoms with E-state index in [1.165, 1.54) is 60.3 Å². The van der Waals surface area contributed by atoms with Gasteiger partial charge in [-0.2, -0.15) is 0 Å². The third-order valence-corrected chi connectivity index (χ3v) is 5.53. The van der Waals surface area contributed by atoms with Crippen LogP contribution in [0.15, 0.2) is 6.07 Å². The zero-order valence-corrected chi connectivity index (χ0v) is 12.6. The van der Waals surface area contributed by atoms with Gasteiger partial charge < -0.3 is 5.11 Å². The van der Waals surface area contributed by atoms with Gasteiger partial charge in [0.1, 0.15) is 0 Å². The molecule has 2 unspecified atom stereocenters. The molecule has 0 fully saturated rings. The standard InChI is InChI=1S/C16H26OS/c1-3-5-7-12(4-2)10-14(17)16-11-13-8-6-9-15(13)18-16/h11-12,14,17H,3-10H2,1-2H3. The molecule has 18 heavy (non-hydrogen) atoms. The van der Waals surface area contributed by atoms with E-state index in [0.717, 1.165) is 6.42 Å². The van der Waals surface area contributed by atoms with Crippen LogP contribution in [0.5, 0.6) is 0 Å². The molecule has 0 saturated carbocycles. The summed E-state index contributed by atoms with van der Waals surface area (Å²) in [5.41, 5.74) is 1.51. The summed E-state index contributed by atoms with van der Waals surface area (Å²) in [6.45, 7) is 4.49. The average Bonchev–Trinajstić information content (AvgIpc) is 2.94. The van der Waals surface area contributed by atoms with Crippen molar-refractivity contribution < 1.29 is 5.11 Å². The lowest BCUT2D eigenvalue weighted by molar-refractivity contribution is 0.142. The van der Waals surface area contributed by atoms with Crippen molar-refractivity contribution in [1.29, 1.82) is 0 Å². The van der Waals surface area contributed by atoms with Crippen molar-refractivity contribution >= 4 is 11.3 Å². The maximum absolute atomic E-state index is 10.4. The van der Waals surface area contributed by atoms with Crippen molar-refractivity contribution in [2.45, 2.75) is 71.3 Å². The first-order valence-corrected chi connectivity index (χ1v) is 8.35. The molecule has 0 saturated heterocycles. The summed E-state index contributed by atoms with van der Waals surface area (Å²) in [5.74, 6) is 0.692. The number of unbranched alkanes of at least 4 members (excludes halogenated alkanes) is 1. The summed E-state index contributed by atoms with van der Waals surface area (Å²) in [6, 6.07) is 2.27. The van der Waals surface area contributed by atoms with E-state index in [4.69, 9.17) is 0 Å². The number of fused-ring (bicyclic) bond motifs is 1. The van der Waals surface area contributed by atoms with Gasteiger partial charge in [-0.1, -0.05) is 39.5 Å². The molecule has 1 heterocycles. The average molecular weight is 266 g/mol. The molecule has 2 rings (SSSR count). The van der Waals surface area contributed by atoms with E-state index >= 15 is 0 Å². The first-order valence-electron chi connectivity index (χ1n) is 7.54. The Balaban J connectivity index is 1.91. The monoisotopic (exact) mass is 266 g/mol. The largest absolute Gasteiger partial charge is 0.388 e. The minimum Gasteiger partial charge on any atom is -0.388 e. The molecule has 1 aliphatic rings. The summed E-state index contributed by atoms with van der Waals surface area (Å²) in [6.07, 6.45) is 9.54. The van der Waals surface area contributed by atoms with Gasteiger partial charge in [0, 0.05) is 9.75 Å². The summed E-state index contributed by atoms with van der Waals surface area (Å²) < 4.78 is 0. The van der Waals surface area contributed by atoms with Crippen LogP contribution in [0.25, 0.3) is 0 Å². The van der Waals surface area contributed by atoms with Crippen LogP contribution >= 0.6 is 11.3 Å². The Bertz CT molecular complexity index is 348. The molecule has 2 heteroatoms. The molecule has 1 nitrogen and oxygen atoms in total. The fourth-order valence-electron chi connectivity index (χ4n) is 2.93. The molecule has 1 N–H and O–H groups in total. The van der Waals surface area contributed by atoms with Crippen LogP contribution in [0, 0.1) is 5.92 Å². The summed E-state index contributed by atoms with van der Waals surface area (Å²) in [4.78, 5) is 2.75. The molecule has 0 amide bonds. The third kappa shape index (κ3) is 3.36. The number of aliphatic hydroxyl groups is 1. The second-order valence-corrected chi connectivity index (χ2v) is 6.79. The summed E-state index contributed by atoms with van der Waals surface area (Å²) in [5, 5.41) is 10.4. The Labute approximate surface area is 115 Å². The Kier molecular flexibility index (Phi) is 5.25. The fraction of sp³-hybridized carbons (Fsp3) is 0.750. The predicted molar refractivity (Wildman–Crippen MR) is 79.2 cm³/mol. The molecule has 1 aliphatic carbocycles. The third-order valence-electron chi connectivity index (χ3n) is 4.19. The van der Waals surface area contributed by atoms with Crippen LogP contribution in [-0.4, -0.2) is 5.11 Å². The number of thiophene rings is 1. The summed E-state index contributed by atoms with van der Waals surface area (Å²) >= 11 is 1.86. The topological polar surface area (TPSA) is 20.2 Å². The first kappa shape index (κ1) is 14.1. The van der Waals surface area contributed by atoms with E-state index < -0.39 is 0 Å². The number of aryl methyl sites for hydroxylation is 2. The Morgan fingerprint density at radius 1 is 1.33 bits per heavy atom. The van der Waals surface area contributed by atoms with Gasteiger partial charge in [-0.05, 0) is 43.2 Å². The van der Waals surface area contributed by atoms with Gasteiger partial charge in [-0.3, -0.25) is 0 Å². The van der Waals surface area contributed by atoms with Crippen LogP contribution in [0.4, 0.5) is 0 Å². The van der Waals surface area contributed by atoms with E-state index in [0.29, 0.717) is 5.92 Å². The van der Waals surface area contributed by atoms with E-state index in [1.54, 1.807) is 0 Å². The molecular formula is C16H26OS. The highest BCUT2D eigenvalue weighted by molar-refractivity contribution is 7.12. The first-order chi connectivity index (χ1) is 8.74. The molecule has 102 valence electrons. The molecule has 1 aromatic heterocycles. The van der Waals surface area contributed by atoms with Crippen LogP contribution in [-0.2, 0) is 12.8 Å². The van der Waals surface area contributed by atoms with Crippen molar-refractivity contribution in [1.82, 2.24) is 0 Å². The smallest absolute Gasteiger partial charge is 0.0884 e. The van der Waals surface area contributed by atoms with E-state index in [2.05, 4.69) is 19.9 Å². The van der Waals surface area contributed by atoms with Crippen LogP contribution in [0.2, 0.25) is 0 Å². The zero-order valence-electron chi connectivity index (χ0n) is 11.7. The molecule has 0 aliphatic heterocycles. The predicted octanol–water partition coefficient (Wildman–Crippen LogP) is 4.88. The fourth-order valence-corrected chi connectivity index (χ4v) is 4.19. The van der Waals surface area contributed by atoms with Crippen LogP contribution in [0.1, 0.15) is 73.8 Å². The highest BCUT2D eigenvalue weighted by Crippen LogP contribution is 2.36. The molecule has 1 aromatic rings. The molecular weight excluding hydrogens is 240 g/mol. The van der Waals surface area contributed by atoms with Gasteiger partial charge in [0.2, 0.25) is 0 Å². The molecule has 0 bridgehead atoms. The van der Waals surface area contributed by atoms with Gasteiger partial charge in [0.25, 0.3) is 0 Å². The van der Waals surface area contributed by atoms with E-state index in [1.807, 2.05) is 11.3 Å². The highest BCUT2D eigenvalue weighted by Gasteiger charge is 2.20. The lowest BCUT2D eigenvalue weighted by Crippen LogP contribution is -2.06. The van der Waals surface area contributed by atoms with Crippen molar-refractivity contribution in [3.05, 3.63) is 21.4 Å². The van der Waals surface area contributed by atoms with Gasteiger partial charge in [-0.25, -0.2) is 0 Å². The van der Waals surface area contributed by atoms with Crippen LogP contribution < -0.4 is 0 Å². The van der Waals surface area contributed by atoms with Crippen molar-refractivity contribution in [2.75, 3.05) is 0 Å². The van der Waals surface area contributed by atoms with Gasteiger partial charge >= 0.3 is 0 Å². The zero-order chi connectivity index (χ0) is 13.0. The Morgan fingerprint density at radius 2 is 2.17 bits per heavy atom. The quantitative estimate of drug-likeness (QED) is 0.746. The summed E-state index contributed by atoms with van der Waals surface area (Å²) in [7, 11) is 0. The molecule has 0 aromatic carbocycles. The number of hydrogen-bond donors (Lipinski definition) is 1. The minimum absolute atomic E-state index is 0.220. The molecule has 2 atom stereocenters. The second-order valence-electron chi connectivity index (χ2n) is 5.62. The molecule has 0 spiro atoms. The van der Waals surface area contributed by atoms with Gasteiger partial charge in [-0.15, -0.1) is 11.3 Å². The maximum Gasteiger partial charge on any atom is 0.0884 e. The lowest BCUT2D eigenvalue weighted by atomic mass is 9.92. The van der Waals surface area contributed by atoms with Crippen molar-refractivity contribution in [2.24, 2.45) is 5.92 Å². The normalized spacial score (nSPS) is 17.7. The van der Waals surface area contributed by atoms with E-state index in [9.17, 15) is 5.11 Å². The molecule has 0 radical (unpaired) electrons. The number of rotatable bonds is 7. The Hall–Kier alpha value is -0.340. The number of aliphatic hydroxyl groups excluding tert-OH is 1. The number of hydrogen-bond acceptors (Lipinski definition) is 2. The Morgan fingerprint density at radius 3 is 2.83 bits per heavy atom. The second kappa shape index (κ2) is 6.72.